The van der Waals surface area contributed by atoms with Gasteiger partial charge in [-0.1, -0.05) is 31.2 Å². The van der Waals surface area contributed by atoms with Crippen molar-refractivity contribution >= 4 is 0 Å². The second-order valence-corrected chi connectivity index (χ2v) is 5.14. The molecule has 0 aliphatic heterocycles. The van der Waals surface area contributed by atoms with E-state index >= 15 is 0 Å². The first-order chi connectivity index (χ1) is 10.3. The van der Waals surface area contributed by atoms with Crippen LogP contribution in [-0.4, -0.2) is 18.1 Å². The number of benzene rings is 1. The molecule has 1 aromatic heterocycles. The zero-order chi connectivity index (χ0) is 14.9. The highest BCUT2D eigenvalue weighted by Gasteiger charge is 2.04. The van der Waals surface area contributed by atoms with Crippen molar-refractivity contribution in [2.45, 2.75) is 33.3 Å². The van der Waals surface area contributed by atoms with Gasteiger partial charge in [-0.3, -0.25) is 4.98 Å². The lowest BCUT2D eigenvalue weighted by Crippen LogP contribution is -2.18. The number of hydrogen-bond donors (Lipinski definition) is 1. The van der Waals surface area contributed by atoms with Gasteiger partial charge in [-0.2, -0.15) is 0 Å². The topological polar surface area (TPSA) is 34.1 Å². The second kappa shape index (κ2) is 8.42. The van der Waals surface area contributed by atoms with E-state index in [0.29, 0.717) is 6.61 Å². The molecule has 0 atom stereocenters. The van der Waals surface area contributed by atoms with Gasteiger partial charge in [0.15, 0.2) is 0 Å². The largest absolute Gasteiger partial charge is 0.487 e. The normalized spacial score (nSPS) is 10.6. The zero-order valence-electron chi connectivity index (χ0n) is 12.9. The van der Waals surface area contributed by atoms with Crippen molar-refractivity contribution in [2.75, 3.05) is 13.1 Å². The molecule has 1 aromatic carbocycles. The minimum atomic E-state index is 0.594. The second-order valence-electron chi connectivity index (χ2n) is 5.14. The van der Waals surface area contributed by atoms with Crippen LogP contribution >= 0.6 is 0 Å². The van der Waals surface area contributed by atoms with Gasteiger partial charge in [0.05, 0.1) is 5.69 Å². The standard InChI is InChI=1S/C18H24N2O/c1-3-11-19-13-10-16-7-4-5-8-17(16)14-21-18-9-6-12-20-15(18)2/h4-9,12,19H,3,10-11,13-14H2,1-2H3. The van der Waals surface area contributed by atoms with Gasteiger partial charge in [0.2, 0.25) is 0 Å². The van der Waals surface area contributed by atoms with Gasteiger partial charge in [-0.15, -0.1) is 0 Å². The highest BCUT2D eigenvalue weighted by molar-refractivity contribution is 5.29. The Hall–Kier alpha value is -1.87. The molecule has 1 N–H and O–H groups in total. The van der Waals surface area contributed by atoms with Gasteiger partial charge in [-0.05, 0) is 56.1 Å². The monoisotopic (exact) mass is 284 g/mol. The van der Waals surface area contributed by atoms with Crippen LogP contribution in [0, 0.1) is 6.92 Å². The highest BCUT2D eigenvalue weighted by atomic mass is 16.5. The number of aromatic nitrogens is 1. The summed E-state index contributed by atoms with van der Waals surface area (Å²) in [6.07, 6.45) is 3.99. The Morgan fingerprint density at radius 2 is 1.86 bits per heavy atom. The molecule has 3 nitrogen and oxygen atoms in total. The highest BCUT2D eigenvalue weighted by Crippen LogP contribution is 2.17. The number of ether oxygens (including phenoxy) is 1. The fraction of sp³-hybridized carbons (Fsp3) is 0.389. The zero-order valence-corrected chi connectivity index (χ0v) is 12.9. The molecule has 0 unspecified atom stereocenters. The maximum Gasteiger partial charge on any atom is 0.141 e. The number of hydrogen-bond acceptors (Lipinski definition) is 3. The predicted molar refractivity (Wildman–Crippen MR) is 86.6 cm³/mol. The first-order valence-corrected chi connectivity index (χ1v) is 7.63. The predicted octanol–water partition coefficient (Wildman–Crippen LogP) is 3.51. The van der Waals surface area contributed by atoms with Crippen LogP contribution in [0.2, 0.25) is 0 Å². The van der Waals surface area contributed by atoms with Gasteiger partial charge in [0, 0.05) is 6.20 Å². The Balaban J connectivity index is 1.95. The summed E-state index contributed by atoms with van der Waals surface area (Å²) in [6.45, 7) is 6.84. The molecular formula is C18H24N2O. The van der Waals surface area contributed by atoms with E-state index in [-0.39, 0.29) is 0 Å². The summed E-state index contributed by atoms with van der Waals surface area (Å²) in [5.41, 5.74) is 3.53. The Bertz CT molecular complexity index is 554. The van der Waals surface area contributed by atoms with Gasteiger partial charge in [-0.25, -0.2) is 0 Å². The molecule has 0 bridgehead atoms. The minimum absolute atomic E-state index is 0.594. The van der Waals surface area contributed by atoms with E-state index in [4.69, 9.17) is 4.74 Å². The maximum atomic E-state index is 5.91. The Morgan fingerprint density at radius 3 is 2.62 bits per heavy atom. The lowest BCUT2D eigenvalue weighted by molar-refractivity contribution is 0.301. The summed E-state index contributed by atoms with van der Waals surface area (Å²) in [4.78, 5) is 4.25. The molecule has 0 saturated carbocycles. The number of nitrogens with one attached hydrogen (secondary N) is 1. The number of aryl methyl sites for hydroxylation is 1. The van der Waals surface area contributed by atoms with Crippen LogP contribution < -0.4 is 10.1 Å². The third kappa shape index (κ3) is 4.87. The molecule has 0 aliphatic carbocycles. The van der Waals surface area contributed by atoms with Gasteiger partial charge >= 0.3 is 0 Å². The van der Waals surface area contributed by atoms with Crippen LogP contribution in [-0.2, 0) is 13.0 Å². The van der Waals surface area contributed by atoms with Crippen LogP contribution in [0.3, 0.4) is 0 Å². The van der Waals surface area contributed by atoms with Crippen molar-refractivity contribution < 1.29 is 4.74 Å². The molecule has 0 fully saturated rings. The van der Waals surface area contributed by atoms with Gasteiger partial charge < -0.3 is 10.1 Å². The Kier molecular flexibility index (Phi) is 6.22. The minimum Gasteiger partial charge on any atom is -0.487 e. The summed E-state index contributed by atoms with van der Waals surface area (Å²) in [6, 6.07) is 12.4. The van der Waals surface area contributed by atoms with E-state index in [9.17, 15) is 0 Å². The van der Waals surface area contributed by atoms with Crippen LogP contribution in [0.5, 0.6) is 5.75 Å². The van der Waals surface area contributed by atoms with Crippen molar-refractivity contribution in [1.82, 2.24) is 10.3 Å². The SMILES string of the molecule is CCCNCCc1ccccc1COc1cccnc1C. The van der Waals surface area contributed by atoms with E-state index < -0.39 is 0 Å². The van der Waals surface area contributed by atoms with Crippen LogP contribution in [0.4, 0.5) is 0 Å². The quantitative estimate of drug-likeness (QED) is 0.753. The molecule has 21 heavy (non-hydrogen) atoms. The number of pyridine rings is 1. The molecule has 3 heteroatoms. The molecule has 0 spiro atoms. The van der Waals surface area contributed by atoms with E-state index in [2.05, 4.69) is 41.5 Å². The summed E-state index contributed by atoms with van der Waals surface area (Å²) >= 11 is 0. The van der Waals surface area contributed by atoms with Crippen molar-refractivity contribution in [3.63, 3.8) is 0 Å². The van der Waals surface area contributed by atoms with E-state index in [1.165, 1.54) is 17.5 Å². The van der Waals surface area contributed by atoms with Crippen molar-refractivity contribution in [3.05, 3.63) is 59.4 Å². The van der Waals surface area contributed by atoms with Crippen LogP contribution in [0.15, 0.2) is 42.6 Å². The molecule has 2 rings (SSSR count). The van der Waals surface area contributed by atoms with Gasteiger partial charge in [0.1, 0.15) is 12.4 Å². The molecule has 0 aliphatic rings. The number of rotatable bonds is 8. The molecule has 2 aromatic rings. The molecular weight excluding hydrogens is 260 g/mol. The summed E-state index contributed by atoms with van der Waals surface area (Å²) in [7, 11) is 0. The smallest absolute Gasteiger partial charge is 0.141 e. The fourth-order valence-electron chi connectivity index (χ4n) is 2.24. The summed E-state index contributed by atoms with van der Waals surface area (Å²) in [5.74, 6) is 0.858. The van der Waals surface area contributed by atoms with E-state index in [1.807, 2.05) is 19.1 Å². The Morgan fingerprint density at radius 1 is 1.05 bits per heavy atom. The molecule has 0 amide bonds. The maximum absolute atomic E-state index is 5.91. The van der Waals surface area contributed by atoms with Crippen LogP contribution in [0.1, 0.15) is 30.2 Å². The Labute approximate surface area is 127 Å². The molecule has 0 radical (unpaired) electrons. The van der Waals surface area contributed by atoms with E-state index in [1.54, 1.807) is 6.20 Å². The number of nitrogens with zero attached hydrogens (tertiary/aromatic N) is 1. The first kappa shape index (κ1) is 15.5. The fourth-order valence-corrected chi connectivity index (χ4v) is 2.24. The van der Waals surface area contributed by atoms with E-state index in [0.717, 1.165) is 31.0 Å². The van der Waals surface area contributed by atoms with Crippen molar-refractivity contribution in [3.8, 4) is 5.75 Å². The van der Waals surface area contributed by atoms with Crippen LogP contribution in [0.25, 0.3) is 0 Å². The van der Waals surface area contributed by atoms with Crippen molar-refractivity contribution in [1.29, 1.82) is 0 Å². The first-order valence-electron chi connectivity index (χ1n) is 7.63. The third-order valence-electron chi connectivity index (χ3n) is 3.46. The molecule has 1 heterocycles. The summed E-state index contributed by atoms with van der Waals surface area (Å²) in [5, 5.41) is 3.44. The molecule has 112 valence electrons. The third-order valence-corrected chi connectivity index (χ3v) is 3.46. The average molecular weight is 284 g/mol. The van der Waals surface area contributed by atoms with Crippen molar-refractivity contribution in [2.24, 2.45) is 0 Å². The lowest BCUT2D eigenvalue weighted by atomic mass is 10.1. The summed E-state index contributed by atoms with van der Waals surface area (Å²) < 4.78 is 5.91. The molecule has 0 saturated heterocycles. The van der Waals surface area contributed by atoms with Gasteiger partial charge in [0.25, 0.3) is 0 Å². The average Bonchev–Trinajstić information content (AvgIpc) is 2.52. The lowest BCUT2D eigenvalue weighted by Gasteiger charge is -2.12.